The summed E-state index contributed by atoms with van der Waals surface area (Å²) in [6, 6.07) is 3.50. The van der Waals surface area contributed by atoms with Gasteiger partial charge in [-0.25, -0.2) is 0 Å². The minimum atomic E-state index is 0.171. The van der Waals surface area contributed by atoms with Crippen molar-refractivity contribution < 1.29 is 4.79 Å². The van der Waals surface area contributed by atoms with Gasteiger partial charge >= 0.3 is 0 Å². The number of nitrogens with zero attached hydrogens (tertiary/aromatic N) is 2. The quantitative estimate of drug-likeness (QED) is 0.811. The lowest BCUT2D eigenvalue weighted by atomic mass is 9.93. The van der Waals surface area contributed by atoms with E-state index < -0.39 is 0 Å². The topological polar surface area (TPSA) is 54.9 Å². The van der Waals surface area contributed by atoms with Gasteiger partial charge in [0.15, 0.2) is 5.78 Å². The lowest BCUT2D eigenvalue weighted by Crippen LogP contribution is -2.37. The van der Waals surface area contributed by atoms with Crippen LogP contribution in [-0.4, -0.2) is 28.1 Å². The van der Waals surface area contributed by atoms with Crippen molar-refractivity contribution in [1.29, 1.82) is 0 Å². The van der Waals surface area contributed by atoms with Gasteiger partial charge in [0.25, 0.3) is 0 Å². The molecule has 2 atom stereocenters. The summed E-state index contributed by atoms with van der Waals surface area (Å²) in [6.45, 7) is 4.06. The second kappa shape index (κ2) is 6.07. The van der Waals surface area contributed by atoms with Crippen molar-refractivity contribution in [2.24, 2.45) is 0 Å². The Morgan fingerprint density at radius 1 is 1.30 bits per heavy atom. The van der Waals surface area contributed by atoms with E-state index in [2.05, 4.69) is 28.5 Å². The first-order valence-electron chi connectivity index (χ1n) is 8.28. The van der Waals surface area contributed by atoms with E-state index in [1.807, 2.05) is 6.92 Å². The molecule has 0 spiro atoms. The highest BCUT2D eigenvalue weighted by molar-refractivity contribution is 7.14. The third-order valence-corrected chi connectivity index (χ3v) is 6.80. The molecule has 0 aromatic carbocycles. The summed E-state index contributed by atoms with van der Waals surface area (Å²) in [5.41, 5.74) is 1.38. The molecule has 2 fully saturated rings. The van der Waals surface area contributed by atoms with Crippen molar-refractivity contribution in [3.63, 3.8) is 0 Å². The first-order valence-corrected chi connectivity index (χ1v) is 9.92. The number of rotatable bonds is 6. The van der Waals surface area contributed by atoms with Crippen LogP contribution in [0.2, 0.25) is 0 Å². The molecule has 23 heavy (non-hydrogen) atoms. The number of hydrogen-bond donors (Lipinski definition) is 1. The number of carbonyl (C=O) groups excluding carboxylic acids is 1. The Labute approximate surface area is 144 Å². The van der Waals surface area contributed by atoms with E-state index in [0.717, 1.165) is 20.9 Å². The molecule has 2 aliphatic rings. The van der Waals surface area contributed by atoms with Crippen LogP contribution in [0, 0.1) is 13.8 Å². The molecule has 0 bridgehead atoms. The monoisotopic (exact) mass is 347 g/mol. The molecule has 2 heterocycles. The van der Waals surface area contributed by atoms with E-state index in [1.54, 1.807) is 11.3 Å². The fraction of sp³-hybridized carbons (Fsp3) is 0.588. The molecule has 2 aliphatic carbocycles. The maximum absolute atomic E-state index is 12.5. The van der Waals surface area contributed by atoms with Gasteiger partial charge in [0, 0.05) is 22.9 Å². The Balaban J connectivity index is 1.41. The number of thiophene rings is 1. The Morgan fingerprint density at radius 3 is 2.78 bits per heavy atom. The molecule has 122 valence electrons. The lowest BCUT2D eigenvalue weighted by molar-refractivity contribution is 0.0996. The predicted molar refractivity (Wildman–Crippen MR) is 93.7 cm³/mol. The predicted octanol–water partition coefficient (Wildman–Crippen LogP) is 3.64. The first kappa shape index (κ1) is 15.4. The summed E-state index contributed by atoms with van der Waals surface area (Å²) in [4.78, 5) is 14.7. The summed E-state index contributed by atoms with van der Waals surface area (Å²) >= 11 is 3.14. The van der Waals surface area contributed by atoms with E-state index in [1.165, 1.54) is 47.5 Å². The van der Waals surface area contributed by atoms with Crippen molar-refractivity contribution >= 4 is 28.5 Å². The van der Waals surface area contributed by atoms with Crippen LogP contribution in [0.4, 0.5) is 0 Å². The minimum Gasteiger partial charge on any atom is -0.311 e. The average Bonchev–Trinajstić information content (AvgIpc) is 2.94. The summed E-state index contributed by atoms with van der Waals surface area (Å²) < 4.78 is 0. The SMILES string of the molecule is Cc1nnc(CC(=O)c2cc(C3CC3NC3CCC3)c(C)s2)s1. The Bertz CT molecular complexity index is 732. The van der Waals surface area contributed by atoms with Crippen molar-refractivity contribution in [2.75, 3.05) is 0 Å². The molecule has 2 unspecified atom stereocenters. The van der Waals surface area contributed by atoms with Crippen molar-refractivity contribution in [1.82, 2.24) is 15.5 Å². The molecule has 0 radical (unpaired) electrons. The molecule has 1 N–H and O–H groups in total. The first-order chi connectivity index (χ1) is 11.1. The third-order valence-electron chi connectivity index (χ3n) is 4.86. The van der Waals surface area contributed by atoms with Crippen LogP contribution in [0.5, 0.6) is 0 Å². The molecule has 0 saturated heterocycles. The number of carbonyl (C=O) groups is 1. The Hall–Kier alpha value is -1.11. The number of aryl methyl sites for hydroxylation is 2. The van der Waals surface area contributed by atoms with E-state index in [9.17, 15) is 4.79 Å². The van der Waals surface area contributed by atoms with Gasteiger partial charge in [-0.2, -0.15) is 0 Å². The standard InChI is InChI=1S/C17H21N3OS2/c1-9-12(13-6-14(13)18-11-4-3-5-11)7-16(22-9)15(21)8-17-20-19-10(2)23-17/h7,11,13-14,18H,3-6,8H2,1-2H3. The van der Waals surface area contributed by atoms with E-state index in [4.69, 9.17) is 0 Å². The molecule has 4 rings (SSSR count). The van der Waals surface area contributed by atoms with Gasteiger partial charge in [-0.3, -0.25) is 4.79 Å². The fourth-order valence-electron chi connectivity index (χ4n) is 3.24. The summed E-state index contributed by atoms with van der Waals surface area (Å²) in [5, 5.41) is 13.5. The van der Waals surface area contributed by atoms with Gasteiger partial charge in [0.05, 0.1) is 11.3 Å². The minimum absolute atomic E-state index is 0.171. The zero-order valence-corrected chi connectivity index (χ0v) is 15.1. The van der Waals surface area contributed by atoms with Crippen LogP contribution in [-0.2, 0) is 6.42 Å². The molecule has 0 amide bonds. The molecule has 2 aromatic heterocycles. The van der Waals surface area contributed by atoms with Crippen LogP contribution in [0.1, 0.15) is 61.7 Å². The number of ketones is 1. The van der Waals surface area contributed by atoms with Gasteiger partial charge in [0.2, 0.25) is 0 Å². The summed E-state index contributed by atoms with van der Waals surface area (Å²) in [6.07, 6.45) is 5.63. The third kappa shape index (κ3) is 3.25. The highest BCUT2D eigenvalue weighted by Gasteiger charge is 2.41. The second-order valence-electron chi connectivity index (χ2n) is 6.68. The molecular weight excluding hydrogens is 326 g/mol. The van der Waals surface area contributed by atoms with Crippen molar-refractivity contribution in [2.45, 2.75) is 64.0 Å². The van der Waals surface area contributed by atoms with Crippen molar-refractivity contribution in [3.8, 4) is 0 Å². The number of hydrogen-bond acceptors (Lipinski definition) is 6. The molecule has 6 heteroatoms. The van der Waals surface area contributed by atoms with Crippen LogP contribution in [0.25, 0.3) is 0 Å². The summed E-state index contributed by atoms with van der Waals surface area (Å²) in [7, 11) is 0. The van der Waals surface area contributed by atoms with E-state index in [-0.39, 0.29) is 5.78 Å². The van der Waals surface area contributed by atoms with Gasteiger partial charge in [-0.1, -0.05) is 6.42 Å². The summed E-state index contributed by atoms with van der Waals surface area (Å²) in [5.74, 6) is 0.779. The van der Waals surface area contributed by atoms with Crippen LogP contribution in [0.3, 0.4) is 0 Å². The fourth-order valence-corrected chi connectivity index (χ4v) is 4.97. The zero-order chi connectivity index (χ0) is 16.0. The molecule has 0 aliphatic heterocycles. The maximum Gasteiger partial charge on any atom is 0.179 e. The average molecular weight is 348 g/mol. The highest BCUT2D eigenvalue weighted by Crippen LogP contribution is 2.45. The van der Waals surface area contributed by atoms with Crippen LogP contribution >= 0.6 is 22.7 Å². The van der Waals surface area contributed by atoms with Crippen LogP contribution in [0.15, 0.2) is 6.07 Å². The zero-order valence-electron chi connectivity index (χ0n) is 13.5. The smallest absolute Gasteiger partial charge is 0.179 e. The highest BCUT2D eigenvalue weighted by atomic mass is 32.1. The molecule has 2 aromatic rings. The number of Topliss-reactive ketones (excluding diaryl/α,β-unsaturated/α-hetero) is 1. The van der Waals surface area contributed by atoms with Gasteiger partial charge in [-0.05, 0) is 44.7 Å². The normalized spacial score (nSPS) is 23.7. The van der Waals surface area contributed by atoms with Gasteiger partial charge in [0.1, 0.15) is 10.0 Å². The van der Waals surface area contributed by atoms with Crippen molar-refractivity contribution in [3.05, 3.63) is 31.4 Å². The lowest BCUT2D eigenvalue weighted by Gasteiger charge is -2.26. The largest absolute Gasteiger partial charge is 0.311 e. The molecular formula is C17H21N3OS2. The number of aromatic nitrogens is 2. The Kier molecular flexibility index (Phi) is 4.07. The number of nitrogens with one attached hydrogen (secondary N) is 1. The Morgan fingerprint density at radius 2 is 2.13 bits per heavy atom. The van der Waals surface area contributed by atoms with E-state index in [0.29, 0.717) is 18.4 Å². The van der Waals surface area contributed by atoms with Gasteiger partial charge in [-0.15, -0.1) is 32.9 Å². The maximum atomic E-state index is 12.5. The van der Waals surface area contributed by atoms with Crippen LogP contribution < -0.4 is 5.32 Å². The second-order valence-corrected chi connectivity index (χ2v) is 9.20. The van der Waals surface area contributed by atoms with E-state index >= 15 is 0 Å². The van der Waals surface area contributed by atoms with Gasteiger partial charge < -0.3 is 5.32 Å². The molecule has 2 saturated carbocycles. The molecule has 4 nitrogen and oxygen atoms in total.